The smallest absolute Gasteiger partial charge is 0.107 e. The molecule has 2 aliphatic carbocycles. The Hall–Kier alpha value is -0.890. The van der Waals surface area contributed by atoms with Gasteiger partial charge in [0.15, 0.2) is 0 Å². The van der Waals surface area contributed by atoms with Crippen LogP contribution < -0.4 is 0 Å². The summed E-state index contributed by atoms with van der Waals surface area (Å²) < 4.78 is 0. The molecule has 1 N–H and O–H groups in total. The number of rotatable bonds is 1. The van der Waals surface area contributed by atoms with Crippen LogP contribution in [0.3, 0.4) is 0 Å². The molecule has 1 aromatic rings. The van der Waals surface area contributed by atoms with E-state index in [1.165, 1.54) is 41.6 Å². The highest BCUT2D eigenvalue weighted by Gasteiger charge is 2.41. The molecular weight excluding hydrogens is 234 g/mol. The maximum absolute atomic E-state index is 10.8. The van der Waals surface area contributed by atoms with Crippen LogP contribution in [-0.4, -0.2) is 10.1 Å². The first-order chi connectivity index (χ1) is 8.87. The van der Waals surface area contributed by atoms with Crippen LogP contribution in [-0.2, 0) is 30.3 Å². The zero-order chi connectivity index (χ0) is 13.8. The van der Waals surface area contributed by atoms with Crippen molar-refractivity contribution in [2.75, 3.05) is 0 Å². The summed E-state index contributed by atoms with van der Waals surface area (Å²) >= 11 is 0. The molecule has 19 heavy (non-hydrogen) atoms. The topological polar surface area (TPSA) is 33.1 Å². The minimum atomic E-state index is -0.674. The van der Waals surface area contributed by atoms with Gasteiger partial charge in [-0.3, -0.25) is 4.98 Å². The van der Waals surface area contributed by atoms with Gasteiger partial charge >= 0.3 is 0 Å². The summed E-state index contributed by atoms with van der Waals surface area (Å²) in [4.78, 5) is 4.97. The number of hydrogen-bond donors (Lipinski definition) is 1. The third kappa shape index (κ3) is 1.84. The summed E-state index contributed by atoms with van der Waals surface area (Å²) in [6.45, 7) is 8.78. The second-order valence-electron chi connectivity index (χ2n) is 7.23. The standard InChI is InChI=1S/C17H25NO/c1-5-17(19)10-9-13-11-7-6-8-12(11)14(16(2,3)4)18-15(13)17/h19H,5-10H2,1-4H3. The first-order valence-corrected chi connectivity index (χ1v) is 7.65. The van der Waals surface area contributed by atoms with Crippen molar-refractivity contribution in [3.63, 3.8) is 0 Å². The second-order valence-corrected chi connectivity index (χ2v) is 7.23. The van der Waals surface area contributed by atoms with Gasteiger partial charge in [0.2, 0.25) is 0 Å². The van der Waals surface area contributed by atoms with Gasteiger partial charge in [-0.2, -0.15) is 0 Å². The predicted molar refractivity (Wildman–Crippen MR) is 77.5 cm³/mol. The van der Waals surface area contributed by atoms with Crippen molar-refractivity contribution in [1.82, 2.24) is 4.98 Å². The molecule has 0 amide bonds. The summed E-state index contributed by atoms with van der Waals surface area (Å²) in [6, 6.07) is 0. The Morgan fingerprint density at radius 1 is 1.11 bits per heavy atom. The minimum Gasteiger partial charge on any atom is -0.384 e. The molecule has 1 aromatic heterocycles. The third-order valence-corrected chi connectivity index (χ3v) is 4.90. The number of aliphatic hydroxyl groups is 1. The molecule has 0 radical (unpaired) electrons. The highest BCUT2D eigenvalue weighted by atomic mass is 16.3. The molecule has 2 heteroatoms. The number of hydrogen-bond acceptors (Lipinski definition) is 2. The number of pyridine rings is 1. The summed E-state index contributed by atoms with van der Waals surface area (Å²) in [5.74, 6) is 0. The monoisotopic (exact) mass is 259 g/mol. The Bertz CT molecular complexity index is 527. The molecule has 0 saturated heterocycles. The molecule has 0 bridgehead atoms. The molecule has 1 unspecified atom stereocenters. The van der Waals surface area contributed by atoms with Crippen LogP contribution in [0.15, 0.2) is 0 Å². The molecule has 104 valence electrons. The zero-order valence-corrected chi connectivity index (χ0v) is 12.6. The van der Waals surface area contributed by atoms with Crippen molar-refractivity contribution in [2.45, 2.75) is 77.2 Å². The van der Waals surface area contributed by atoms with Gasteiger partial charge in [-0.1, -0.05) is 27.7 Å². The van der Waals surface area contributed by atoms with Crippen molar-refractivity contribution >= 4 is 0 Å². The van der Waals surface area contributed by atoms with E-state index in [1.807, 2.05) is 0 Å². The maximum atomic E-state index is 10.8. The van der Waals surface area contributed by atoms with E-state index in [2.05, 4.69) is 27.7 Å². The Kier molecular flexibility index (Phi) is 2.79. The summed E-state index contributed by atoms with van der Waals surface area (Å²) in [6.07, 6.45) is 6.25. The predicted octanol–water partition coefficient (Wildman–Crippen LogP) is 3.41. The van der Waals surface area contributed by atoms with E-state index in [1.54, 1.807) is 0 Å². The molecule has 0 aromatic carbocycles. The van der Waals surface area contributed by atoms with E-state index < -0.39 is 5.60 Å². The third-order valence-electron chi connectivity index (χ3n) is 4.90. The van der Waals surface area contributed by atoms with Gasteiger partial charge in [-0.15, -0.1) is 0 Å². The Morgan fingerprint density at radius 3 is 2.42 bits per heavy atom. The average molecular weight is 259 g/mol. The molecule has 0 saturated carbocycles. The Balaban J connectivity index is 2.26. The van der Waals surface area contributed by atoms with E-state index >= 15 is 0 Å². The number of nitrogens with zero attached hydrogens (tertiary/aromatic N) is 1. The fourth-order valence-electron chi connectivity index (χ4n) is 3.80. The maximum Gasteiger partial charge on any atom is 0.107 e. The zero-order valence-electron chi connectivity index (χ0n) is 12.6. The van der Waals surface area contributed by atoms with E-state index in [-0.39, 0.29) is 5.41 Å². The highest BCUT2D eigenvalue weighted by molar-refractivity contribution is 5.49. The molecule has 2 aliphatic rings. The number of aromatic nitrogens is 1. The van der Waals surface area contributed by atoms with Crippen LogP contribution in [0.2, 0.25) is 0 Å². The fourth-order valence-corrected chi connectivity index (χ4v) is 3.80. The van der Waals surface area contributed by atoms with Crippen molar-refractivity contribution in [3.8, 4) is 0 Å². The van der Waals surface area contributed by atoms with Gasteiger partial charge < -0.3 is 5.11 Å². The lowest BCUT2D eigenvalue weighted by atomic mass is 9.85. The Morgan fingerprint density at radius 2 is 1.79 bits per heavy atom. The highest BCUT2D eigenvalue weighted by Crippen LogP contribution is 2.44. The van der Waals surface area contributed by atoms with Crippen molar-refractivity contribution in [2.24, 2.45) is 0 Å². The summed E-state index contributed by atoms with van der Waals surface area (Å²) in [5, 5.41) is 10.8. The quantitative estimate of drug-likeness (QED) is 0.838. The molecule has 0 aliphatic heterocycles. The van der Waals surface area contributed by atoms with Gasteiger partial charge in [0.25, 0.3) is 0 Å². The summed E-state index contributed by atoms with van der Waals surface area (Å²) in [5.41, 5.74) is 6.03. The lowest BCUT2D eigenvalue weighted by Crippen LogP contribution is -2.26. The van der Waals surface area contributed by atoms with Crippen LogP contribution in [0, 0.1) is 0 Å². The molecule has 1 heterocycles. The molecule has 0 fully saturated rings. The van der Waals surface area contributed by atoms with Gasteiger partial charge in [0.05, 0.1) is 5.69 Å². The fraction of sp³-hybridized carbons (Fsp3) is 0.706. The first kappa shape index (κ1) is 13.1. The van der Waals surface area contributed by atoms with Gasteiger partial charge in [0, 0.05) is 11.1 Å². The molecular formula is C17H25NO. The van der Waals surface area contributed by atoms with Gasteiger partial charge in [0.1, 0.15) is 5.60 Å². The normalized spacial score (nSPS) is 25.5. The molecule has 1 atom stereocenters. The van der Waals surface area contributed by atoms with Crippen molar-refractivity contribution in [3.05, 3.63) is 28.1 Å². The lowest BCUT2D eigenvalue weighted by Gasteiger charge is -2.27. The van der Waals surface area contributed by atoms with Crippen molar-refractivity contribution in [1.29, 1.82) is 0 Å². The molecule has 0 spiro atoms. The van der Waals surface area contributed by atoms with Gasteiger partial charge in [-0.25, -0.2) is 0 Å². The minimum absolute atomic E-state index is 0.0701. The van der Waals surface area contributed by atoms with E-state index in [0.29, 0.717) is 0 Å². The van der Waals surface area contributed by atoms with E-state index in [9.17, 15) is 5.11 Å². The summed E-state index contributed by atoms with van der Waals surface area (Å²) in [7, 11) is 0. The Labute approximate surface area is 116 Å². The first-order valence-electron chi connectivity index (χ1n) is 7.65. The van der Waals surface area contributed by atoms with Crippen LogP contribution in [0.4, 0.5) is 0 Å². The molecule has 2 nitrogen and oxygen atoms in total. The lowest BCUT2D eigenvalue weighted by molar-refractivity contribution is 0.0303. The SMILES string of the molecule is CCC1(O)CCc2c1nc(C(C)(C)C)c1c2CCC1. The molecule has 3 rings (SSSR count). The van der Waals surface area contributed by atoms with Crippen LogP contribution in [0.5, 0.6) is 0 Å². The average Bonchev–Trinajstić information content (AvgIpc) is 2.92. The van der Waals surface area contributed by atoms with Crippen LogP contribution in [0.25, 0.3) is 0 Å². The van der Waals surface area contributed by atoms with E-state index in [4.69, 9.17) is 4.98 Å². The van der Waals surface area contributed by atoms with E-state index in [0.717, 1.165) is 25.0 Å². The van der Waals surface area contributed by atoms with Gasteiger partial charge in [-0.05, 0) is 55.2 Å². The second kappa shape index (κ2) is 4.05. The van der Waals surface area contributed by atoms with Crippen LogP contribution >= 0.6 is 0 Å². The number of fused-ring (bicyclic) bond motifs is 3. The largest absolute Gasteiger partial charge is 0.384 e. The van der Waals surface area contributed by atoms with Crippen molar-refractivity contribution < 1.29 is 5.11 Å². The van der Waals surface area contributed by atoms with Crippen LogP contribution in [0.1, 0.15) is 75.0 Å².